The Bertz CT molecular complexity index is 3020. The Hall–Kier alpha value is -5.40. The van der Waals surface area contributed by atoms with Crippen LogP contribution in [0, 0.1) is 20.8 Å². The molecule has 0 nitrogen and oxygen atoms in total. The average Bonchev–Trinajstić information content (AvgIpc) is 3.61. The first-order valence-corrected chi connectivity index (χ1v) is 24.6. The molecule has 2 atom stereocenters. The predicted molar refractivity (Wildman–Crippen MR) is 281 cm³/mol. The number of aryl methyl sites for hydroxylation is 4. The van der Waals surface area contributed by atoms with Gasteiger partial charge in [-0.1, -0.05) is 230 Å². The maximum atomic E-state index is 2.73. The summed E-state index contributed by atoms with van der Waals surface area (Å²) in [5.41, 5.74) is 29.1. The summed E-state index contributed by atoms with van der Waals surface area (Å²) < 4.78 is 0. The Morgan fingerprint density at radius 1 is 0.585 bits per heavy atom. The number of benzene rings is 7. The third-order valence-electron chi connectivity index (χ3n) is 16.5. The van der Waals surface area contributed by atoms with Crippen molar-refractivity contribution in [2.75, 3.05) is 0 Å². The van der Waals surface area contributed by atoms with E-state index in [0.717, 1.165) is 19.3 Å². The highest BCUT2D eigenvalue weighted by molar-refractivity contribution is 6.97. The zero-order chi connectivity index (χ0) is 46.0. The van der Waals surface area contributed by atoms with E-state index >= 15 is 0 Å². The molecule has 0 fully saturated rings. The zero-order valence-corrected chi connectivity index (χ0v) is 41.6. The lowest BCUT2D eigenvalue weighted by Gasteiger charge is -2.38. The summed E-state index contributed by atoms with van der Waals surface area (Å²) in [5.74, 6) is 0.446. The molecule has 65 heavy (non-hydrogen) atoms. The summed E-state index contributed by atoms with van der Waals surface area (Å²) >= 11 is 0. The molecule has 7 aromatic carbocycles. The molecule has 1 heteroatoms. The molecular weight excluding hydrogens is 780 g/mol. The molecule has 2 unspecified atom stereocenters. The van der Waals surface area contributed by atoms with E-state index in [1.165, 1.54) is 94.3 Å². The van der Waals surface area contributed by atoms with E-state index in [1.807, 2.05) is 0 Å². The molecule has 0 N–H and O–H groups in total. The molecule has 0 saturated heterocycles. The fraction of sp³-hybridized carbons (Fsp3) is 0.344. The first kappa shape index (κ1) is 43.5. The number of hydrogen-bond donors (Lipinski definition) is 0. The third-order valence-corrected chi connectivity index (χ3v) is 16.5. The van der Waals surface area contributed by atoms with Gasteiger partial charge in [0.1, 0.15) is 0 Å². The second kappa shape index (κ2) is 15.3. The number of fused-ring (bicyclic) bond motifs is 6. The van der Waals surface area contributed by atoms with Crippen LogP contribution in [0.15, 0.2) is 133 Å². The van der Waals surface area contributed by atoms with Gasteiger partial charge in [0.25, 0.3) is 0 Å². The Labute approximate surface area is 392 Å². The first-order valence-electron chi connectivity index (χ1n) is 24.6. The highest BCUT2D eigenvalue weighted by atomic mass is 14.5. The summed E-state index contributed by atoms with van der Waals surface area (Å²) in [5, 5.41) is 0. The average molecular weight is 849 g/mol. The highest BCUT2D eigenvalue weighted by Crippen LogP contribution is 2.53. The van der Waals surface area contributed by atoms with Crippen LogP contribution in [0.4, 0.5) is 0 Å². The van der Waals surface area contributed by atoms with Gasteiger partial charge < -0.3 is 0 Å². The smallest absolute Gasteiger partial charge is 0.0646 e. The van der Waals surface area contributed by atoms with E-state index in [4.69, 9.17) is 0 Å². The Morgan fingerprint density at radius 2 is 1.28 bits per heavy atom. The fourth-order valence-corrected chi connectivity index (χ4v) is 13.3. The summed E-state index contributed by atoms with van der Waals surface area (Å²) in [4.78, 5) is 0. The summed E-state index contributed by atoms with van der Waals surface area (Å²) in [7, 11) is 0. The van der Waals surface area contributed by atoms with Crippen LogP contribution in [-0.2, 0) is 28.1 Å². The Kier molecular flexibility index (Phi) is 10.3. The molecule has 0 saturated carbocycles. The van der Waals surface area contributed by atoms with Crippen molar-refractivity contribution in [1.82, 2.24) is 0 Å². The van der Waals surface area contributed by atoms with Crippen molar-refractivity contribution in [2.45, 2.75) is 143 Å². The van der Waals surface area contributed by atoms with Crippen molar-refractivity contribution < 1.29 is 0 Å². The topological polar surface area (TPSA) is 0 Å². The summed E-state index contributed by atoms with van der Waals surface area (Å²) in [6, 6.07) is 52.7. The van der Waals surface area contributed by atoms with Crippen molar-refractivity contribution in [3.8, 4) is 22.3 Å². The molecule has 0 radical (unpaired) electrons. The van der Waals surface area contributed by atoms with Gasteiger partial charge in [-0.25, -0.2) is 0 Å². The second-order valence-corrected chi connectivity index (χ2v) is 23.3. The van der Waals surface area contributed by atoms with Crippen LogP contribution in [0.2, 0.25) is 0 Å². The number of rotatable bonds is 7. The Morgan fingerprint density at radius 3 is 2.00 bits per heavy atom. The maximum Gasteiger partial charge on any atom is 0.242 e. The van der Waals surface area contributed by atoms with Crippen LogP contribution < -0.4 is 16.4 Å². The van der Waals surface area contributed by atoms with Crippen molar-refractivity contribution >= 4 is 23.1 Å². The van der Waals surface area contributed by atoms with E-state index in [1.54, 1.807) is 16.7 Å². The highest BCUT2D eigenvalue weighted by Gasteiger charge is 2.46. The molecule has 0 spiro atoms. The summed E-state index contributed by atoms with van der Waals surface area (Å²) in [6.07, 6.45) is 3.28. The molecule has 0 amide bonds. The molecule has 10 rings (SSSR count). The van der Waals surface area contributed by atoms with Crippen molar-refractivity contribution in [3.63, 3.8) is 0 Å². The molecule has 2 aliphatic carbocycles. The van der Waals surface area contributed by atoms with Gasteiger partial charge in [-0.3, -0.25) is 0 Å². The van der Waals surface area contributed by atoms with E-state index in [0.29, 0.717) is 0 Å². The molecule has 7 aromatic rings. The lowest BCUT2D eigenvalue weighted by Crippen LogP contribution is -2.60. The van der Waals surface area contributed by atoms with Crippen LogP contribution in [0.5, 0.6) is 0 Å². The normalized spacial score (nSPS) is 17.8. The predicted octanol–water partition coefficient (Wildman–Crippen LogP) is 14.6. The molecule has 3 aliphatic rings. The van der Waals surface area contributed by atoms with Gasteiger partial charge in [0, 0.05) is 17.3 Å². The molecular formula is C64H69B. The monoisotopic (exact) mass is 849 g/mol. The molecule has 1 heterocycles. The van der Waals surface area contributed by atoms with E-state index in [2.05, 4.69) is 223 Å². The van der Waals surface area contributed by atoms with Gasteiger partial charge in [-0.05, 0) is 140 Å². The maximum absolute atomic E-state index is 2.73. The van der Waals surface area contributed by atoms with Crippen LogP contribution in [0.25, 0.3) is 22.3 Å². The van der Waals surface area contributed by atoms with Gasteiger partial charge in [0.2, 0.25) is 6.71 Å². The zero-order valence-electron chi connectivity index (χ0n) is 41.6. The van der Waals surface area contributed by atoms with E-state index in [-0.39, 0.29) is 40.2 Å². The van der Waals surface area contributed by atoms with Gasteiger partial charge in [0.05, 0.1) is 0 Å². The van der Waals surface area contributed by atoms with Crippen LogP contribution in [0.1, 0.15) is 166 Å². The second-order valence-electron chi connectivity index (χ2n) is 23.3. The van der Waals surface area contributed by atoms with Gasteiger partial charge in [0.15, 0.2) is 0 Å². The van der Waals surface area contributed by atoms with E-state index < -0.39 is 0 Å². The van der Waals surface area contributed by atoms with Gasteiger partial charge in [-0.15, -0.1) is 0 Å². The quantitative estimate of drug-likeness (QED) is 0.140. The minimum absolute atomic E-state index is 0.0545. The minimum atomic E-state index is -0.0545. The van der Waals surface area contributed by atoms with Crippen LogP contribution in [-0.4, -0.2) is 6.71 Å². The SMILES string of the molecule is Cc1cc(C)c2c(c1)C(CCc1ccc(C(C)(C)C)cc1C)c1cc3c(cc1B2c1cc(-c2ccccc2)ccc1C(C)c1cccc2c1-c1ccccc1C2(C)C)C(C)(C)CC3(C)C. The summed E-state index contributed by atoms with van der Waals surface area (Å²) in [6.45, 7) is 31.4. The number of hydrogen-bond acceptors (Lipinski definition) is 0. The molecule has 0 aromatic heterocycles. The van der Waals surface area contributed by atoms with Gasteiger partial charge in [-0.2, -0.15) is 0 Å². The molecule has 1 aliphatic heterocycles. The van der Waals surface area contributed by atoms with Crippen molar-refractivity contribution in [2.24, 2.45) is 0 Å². The van der Waals surface area contributed by atoms with Crippen LogP contribution in [0.3, 0.4) is 0 Å². The standard InChI is InChI=1S/C64H69B/c1-39-32-41(3)60-52(33-39)49(31-27-43-26-29-46(34-40(43)2)61(5,6)7)51-36-55-56(63(10,11)38-62(55,8)9)37-58(51)65(60)57-35-45(44-20-15-14-16-21-44)28-30-47(57)42(4)48-23-19-25-54-59(48)50-22-17-18-24-53(50)64(54,12)13/h14-26,28-30,32-37,42,49H,27,31,38H2,1-13H3. The first-order chi connectivity index (χ1) is 30.8. The fourth-order valence-electron chi connectivity index (χ4n) is 13.3. The molecule has 328 valence electrons. The van der Waals surface area contributed by atoms with Crippen molar-refractivity contribution in [3.05, 3.63) is 206 Å². The molecule has 0 bridgehead atoms. The van der Waals surface area contributed by atoms with E-state index in [9.17, 15) is 0 Å². The van der Waals surface area contributed by atoms with Crippen molar-refractivity contribution in [1.29, 1.82) is 0 Å². The lowest BCUT2D eigenvalue weighted by molar-refractivity contribution is 0.403. The largest absolute Gasteiger partial charge is 0.242 e. The lowest BCUT2D eigenvalue weighted by atomic mass is 9.31. The Balaban J connectivity index is 1.22. The van der Waals surface area contributed by atoms with Gasteiger partial charge >= 0.3 is 0 Å². The minimum Gasteiger partial charge on any atom is -0.0646 e. The van der Waals surface area contributed by atoms with Crippen LogP contribution >= 0.6 is 0 Å². The third kappa shape index (κ3) is 7.10.